The van der Waals surface area contributed by atoms with Gasteiger partial charge in [-0.2, -0.15) is 0 Å². The summed E-state index contributed by atoms with van der Waals surface area (Å²) in [5.74, 6) is 0. The Morgan fingerprint density at radius 2 is 2.12 bits per heavy atom. The van der Waals surface area contributed by atoms with Crippen LogP contribution in [0.25, 0.3) is 27.0 Å². The van der Waals surface area contributed by atoms with E-state index < -0.39 is 0 Å². The Balaban J connectivity index is 1.68. The maximum absolute atomic E-state index is 11.6. The van der Waals surface area contributed by atoms with E-state index in [9.17, 15) is 4.79 Å². The first-order valence-corrected chi connectivity index (χ1v) is 8.30. The van der Waals surface area contributed by atoms with Crippen molar-refractivity contribution in [1.82, 2.24) is 24.9 Å². The fourth-order valence-corrected chi connectivity index (χ4v) is 3.30. The molecule has 0 radical (unpaired) electrons. The maximum atomic E-state index is 11.6. The Hall–Kier alpha value is -3.00. The number of nitrogens with zero attached hydrogens (tertiary/aromatic N) is 4. The van der Waals surface area contributed by atoms with E-state index in [2.05, 4.69) is 25.8 Å². The molecule has 0 saturated heterocycles. The summed E-state index contributed by atoms with van der Waals surface area (Å²) in [6, 6.07) is 9.76. The van der Waals surface area contributed by atoms with Gasteiger partial charge in [-0.05, 0) is 42.3 Å². The van der Waals surface area contributed by atoms with Crippen molar-refractivity contribution >= 4 is 38.4 Å². The van der Waals surface area contributed by atoms with Gasteiger partial charge in [0.25, 0.3) is 0 Å². The van der Waals surface area contributed by atoms with Crippen LogP contribution >= 0.6 is 11.3 Å². The normalized spacial score (nSPS) is 11.0. The second-order valence-corrected chi connectivity index (χ2v) is 6.23. The molecule has 0 spiro atoms. The molecule has 7 nitrogen and oxygen atoms in total. The van der Waals surface area contributed by atoms with Gasteiger partial charge in [-0.15, -0.1) is 10.2 Å². The third-order valence-corrected chi connectivity index (χ3v) is 4.52. The first kappa shape index (κ1) is 14.6. The molecule has 3 heterocycles. The number of anilines is 1. The molecule has 0 aliphatic rings. The summed E-state index contributed by atoms with van der Waals surface area (Å²) in [5.41, 5.74) is 3.76. The zero-order chi connectivity index (χ0) is 16.5. The molecule has 4 rings (SSSR count). The van der Waals surface area contributed by atoms with Crippen molar-refractivity contribution < 1.29 is 4.79 Å². The Morgan fingerprint density at radius 3 is 3.00 bits per heavy atom. The summed E-state index contributed by atoms with van der Waals surface area (Å²) in [6.45, 7) is 2.45. The molecule has 4 aromatic rings. The number of hydrogen-bond donors (Lipinski definition) is 2. The summed E-state index contributed by atoms with van der Waals surface area (Å²) in [4.78, 5) is 16.1. The smallest absolute Gasteiger partial charge is 0.321 e. The number of carbonyl (C=O) groups excluding carboxylic acids is 1. The number of amides is 2. The van der Waals surface area contributed by atoms with Crippen molar-refractivity contribution in [3.05, 3.63) is 42.9 Å². The lowest BCUT2D eigenvalue weighted by Gasteiger charge is -2.02. The molecule has 2 N–H and O–H groups in total. The lowest BCUT2D eigenvalue weighted by Crippen LogP contribution is -2.28. The van der Waals surface area contributed by atoms with Crippen LogP contribution in [-0.2, 0) is 0 Å². The highest BCUT2D eigenvalue weighted by atomic mass is 32.1. The number of fused-ring (bicyclic) bond motifs is 2. The molecule has 120 valence electrons. The van der Waals surface area contributed by atoms with E-state index in [0.717, 1.165) is 27.0 Å². The van der Waals surface area contributed by atoms with Gasteiger partial charge in [-0.25, -0.2) is 9.78 Å². The summed E-state index contributed by atoms with van der Waals surface area (Å²) in [7, 11) is 0. The van der Waals surface area contributed by atoms with Crippen molar-refractivity contribution in [1.29, 1.82) is 0 Å². The van der Waals surface area contributed by atoms with Gasteiger partial charge in [0.2, 0.25) is 0 Å². The van der Waals surface area contributed by atoms with Crippen LogP contribution in [0, 0.1) is 0 Å². The van der Waals surface area contributed by atoms with Crippen molar-refractivity contribution in [2.45, 2.75) is 6.92 Å². The van der Waals surface area contributed by atoms with Crippen LogP contribution in [0.15, 0.2) is 42.9 Å². The van der Waals surface area contributed by atoms with Gasteiger partial charge in [0, 0.05) is 12.7 Å². The number of carbonyl (C=O) groups is 1. The lowest BCUT2D eigenvalue weighted by molar-refractivity contribution is 0.252. The molecule has 0 bridgehead atoms. The molecule has 2 amide bonds. The molecule has 3 aromatic heterocycles. The Bertz CT molecular complexity index is 1040. The minimum atomic E-state index is -0.241. The predicted octanol–water partition coefficient (Wildman–Crippen LogP) is 3.15. The van der Waals surface area contributed by atoms with Crippen molar-refractivity contribution in [3.8, 4) is 11.1 Å². The fourth-order valence-electron chi connectivity index (χ4n) is 2.46. The number of urea groups is 1. The third kappa shape index (κ3) is 2.67. The number of benzene rings is 1. The topological polar surface area (TPSA) is 84.2 Å². The Labute approximate surface area is 141 Å². The van der Waals surface area contributed by atoms with Crippen LogP contribution in [0.1, 0.15) is 6.92 Å². The van der Waals surface area contributed by atoms with Crippen LogP contribution < -0.4 is 10.6 Å². The molecule has 1 aromatic carbocycles. The van der Waals surface area contributed by atoms with Gasteiger partial charge in [-0.3, -0.25) is 9.72 Å². The molecule has 0 fully saturated rings. The second-order valence-electron chi connectivity index (χ2n) is 5.20. The number of thiazole rings is 1. The highest BCUT2D eigenvalue weighted by Crippen LogP contribution is 2.30. The van der Waals surface area contributed by atoms with E-state index in [-0.39, 0.29) is 6.03 Å². The van der Waals surface area contributed by atoms with E-state index >= 15 is 0 Å². The van der Waals surface area contributed by atoms with Crippen LogP contribution in [0.5, 0.6) is 0 Å². The number of pyridine rings is 1. The summed E-state index contributed by atoms with van der Waals surface area (Å²) in [6.07, 6.45) is 3.66. The second kappa shape index (κ2) is 5.89. The van der Waals surface area contributed by atoms with E-state index in [1.54, 1.807) is 6.33 Å². The molecular formula is C16H14N6OS. The first-order chi connectivity index (χ1) is 11.7. The van der Waals surface area contributed by atoms with Gasteiger partial charge >= 0.3 is 6.03 Å². The molecule has 0 saturated carbocycles. The van der Waals surface area contributed by atoms with Gasteiger partial charge in [0.1, 0.15) is 6.33 Å². The quantitative estimate of drug-likeness (QED) is 0.601. The lowest BCUT2D eigenvalue weighted by atomic mass is 10.1. The summed E-state index contributed by atoms with van der Waals surface area (Å²) >= 11 is 1.45. The van der Waals surface area contributed by atoms with Crippen molar-refractivity contribution in [2.75, 3.05) is 11.9 Å². The SMILES string of the molecule is CCNC(=O)Nc1nc2cc(-c3ccc4nncn4c3)ccc2s1. The minimum Gasteiger partial charge on any atom is -0.338 e. The summed E-state index contributed by atoms with van der Waals surface area (Å²) in [5, 5.41) is 13.9. The minimum absolute atomic E-state index is 0.241. The third-order valence-electron chi connectivity index (χ3n) is 3.57. The van der Waals surface area contributed by atoms with Crippen LogP contribution in [-0.4, -0.2) is 32.2 Å². The molecule has 0 aliphatic carbocycles. The number of hydrogen-bond acceptors (Lipinski definition) is 5. The Morgan fingerprint density at radius 1 is 1.25 bits per heavy atom. The molecule has 24 heavy (non-hydrogen) atoms. The van der Waals surface area contributed by atoms with Gasteiger partial charge in [0.15, 0.2) is 10.8 Å². The monoisotopic (exact) mass is 338 g/mol. The van der Waals surface area contributed by atoms with E-state index in [0.29, 0.717) is 11.7 Å². The number of rotatable bonds is 3. The molecule has 0 aliphatic heterocycles. The number of aromatic nitrogens is 4. The average molecular weight is 338 g/mol. The first-order valence-electron chi connectivity index (χ1n) is 7.48. The van der Waals surface area contributed by atoms with Gasteiger partial charge in [-0.1, -0.05) is 17.4 Å². The van der Waals surface area contributed by atoms with Crippen LogP contribution in [0.2, 0.25) is 0 Å². The van der Waals surface area contributed by atoms with E-state index in [4.69, 9.17) is 0 Å². The Kier molecular flexibility index (Phi) is 3.58. The van der Waals surface area contributed by atoms with Crippen molar-refractivity contribution in [2.24, 2.45) is 0 Å². The highest BCUT2D eigenvalue weighted by molar-refractivity contribution is 7.22. The molecular weight excluding hydrogens is 324 g/mol. The summed E-state index contributed by atoms with van der Waals surface area (Å²) < 4.78 is 2.90. The number of nitrogens with one attached hydrogen (secondary N) is 2. The predicted molar refractivity (Wildman–Crippen MR) is 94.3 cm³/mol. The van der Waals surface area contributed by atoms with E-state index in [1.807, 2.05) is 47.9 Å². The van der Waals surface area contributed by atoms with E-state index in [1.165, 1.54) is 11.3 Å². The zero-order valence-corrected chi connectivity index (χ0v) is 13.7. The molecule has 8 heteroatoms. The van der Waals surface area contributed by atoms with Crippen LogP contribution in [0.3, 0.4) is 0 Å². The maximum Gasteiger partial charge on any atom is 0.321 e. The largest absolute Gasteiger partial charge is 0.338 e. The zero-order valence-electron chi connectivity index (χ0n) is 12.9. The standard InChI is InChI=1S/C16H14N6OS/c1-2-17-15(23)20-16-19-12-7-10(3-5-13(12)24-16)11-4-6-14-21-18-9-22(14)8-11/h3-9H,2H2,1H3,(H2,17,19,20,23). The molecule has 0 unspecified atom stereocenters. The average Bonchev–Trinajstić information content (AvgIpc) is 3.19. The van der Waals surface area contributed by atoms with Crippen molar-refractivity contribution in [3.63, 3.8) is 0 Å². The molecule has 0 atom stereocenters. The fraction of sp³-hybridized carbons (Fsp3) is 0.125. The van der Waals surface area contributed by atoms with Gasteiger partial charge < -0.3 is 5.32 Å². The van der Waals surface area contributed by atoms with Gasteiger partial charge in [0.05, 0.1) is 10.2 Å². The highest BCUT2D eigenvalue weighted by Gasteiger charge is 2.09. The van der Waals surface area contributed by atoms with Crippen LogP contribution in [0.4, 0.5) is 9.93 Å².